The normalized spacial score (nSPS) is 10.1. The van der Waals surface area contributed by atoms with Crippen LogP contribution in [0, 0.1) is 0 Å². The highest BCUT2D eigenvalue weighted by atomic mass is 32.2. The number of nitrogens with two attached hydrogens (primary N) is 1. The van der Waals surface area contributed by atoms with Crippen molar-refractivity contribution in [1.29, 1.82) is 0 Å². The van der Waals surface area contributed by atoms with E-state index in [0.29, 0.717) is 11.5 Å². The van der Waals surface area contributed by atoms with Gasteiger partial charge in [0.25, 0.3) is 0 Å². The molecule has 1 heterocycles. The average Bonchev–Trinajstić information content (AvgIpc) is 2.33. The third-order valence-electron chi connectivity index (χ3n) is 2.20. The Morgan fingerprint density at radius 3 is 2.75 bits per heavy atom. The average molecular weight is 231 g/mol. The fourth-order valence-corrected chi connectivity index (χ4v) is 1.95. The van der Waals surface area contributed by atoms with Crippen LogP contribution in [0.5, 0.6) is 0 Å². The summed E-state index contributed by atoms with van der Waals surface area (Å²) in [7, 11) is 0. The van der Waals surface area contributed by atoms with Crippen molar-refractivity contribution in [2.24, 2.45) is 0 Å². The number of aromatic nitrogens is 1. The van der Waals surface area contributed by atoms with E-state index in [2.05, 4.69) is 16.4 Å². The van der Waals surface area contributed by atoms with Crippen LogP contribution in [0.4, 0.5) is 17.2 Å². The van der Waals surface area contributed by atoms with Crippen molar-refractivity contribution in [3.05, 3.63) is 42.6 Å². The van der Waals surface area contributed by atoms with E-state index in [1.165, 1.54) is 4.90 Å². The Balaban J connectivity index is 2.30. The van der Waals surface area contributed by atoms with Gasteiger partial charge in [-0.05, 0) is 30.5 Å². The lowest BCUT2D eigenvalue weighted by Crippen LogP contribution is -1.99. The molecule has 0 amide bonds. The first-order valence-corrected chi connectivity index (χ1v) is 6.14. The largest absolute Gasteiger partial charge is 0.396 e. The number of anilines is 3. The third kappa shape index (κ3) is 2.28. The zero-order valence-electron chi connectivity index (χ0n) is 8.97. The predicted molar refractivity (Wildman–Crippen MR) is 70.2 cm³/mol. The number of nitrogens with zero attached hydrogens (tertiary/aromatic N) is 1. The van der Waals surface area contributed by atoms with E-state index >= 15 is 0 Å². The first-order valence-electron chi connectivity index (χ1n) is 4.92. The van der Waals surface area contributed by atoms with Crippen molar-refractivity contribution in [1.82, 2.24) is 4.98 Å². The summed E-state index contributed by atoms with van der Waals surface area (Å²) in [4.78, 5) is 5.38. The minimum absolute atomic E-state index is 0.651. The summed E-state index contributed by atoms with van der Waals surface area (Å²) in [5.74, 6) is 0.698. The summed E-state index contributed by atoms with van der Waals surface area (Å²) < 4.78 is 0. The number of nitrogens with one attached hydrogen (secondary N) is 1. The van der Waals surface area contributed by atoms with Crippen molar-refractivity contribution < 1.29 is 0 Å². The molecule has 4 heteroatoms. The molecule has 0 fully saturated rings. The van der Waals surface area contributed by atoms with Gasteiger partial charge in [0.15, 0.2) is 5.82 Å². The molecule has 3 N–H and O–H groups in total. The van der Waals surface area contributed by atoms with Gasteiger partial charge in [0, 0.05) is 11.1 Å². The van der Waals surface area contributed by atoms with Crippen LogP contribution in [0.25, 0.3) is 0 Å². The summed E-state index contributed by atoms with van der Waals surface area (Å²) in [5, 5.41) is 3.23. The molecule has 3 nitrogen and oxygen atoms in total. The van der Waals surface area contributed by atoms with Gasteiger partial charge in [-0.15, -0.1) is 11.8 Å². The van der Waals surface area contributed by atoms with E-state index in [4.69, 9.17) is 5.73 Å². The van der Waals surface area contributed by atoms with Crippen LogP contribution in [0.1, 0.15) is 0 Å². The quantitative estimate of drug-likeness (QED) is 0.797. The lowest BCUT2D eigenvalue weighted by atomic mass is 10.3. The smallest absolute Gasteiger partial charge is 0.153 e. The number of hydrogen-bond donors (Lipinski definition) is 2. The molecule has 2 aromatic rings. The Bertz CT molecular complexity index is 485. The zero-order chi connectivity index (χ0) is 11.4. The number of rotatable bonds is 3. The molecule has 0 saturated heterocycles. The first-order chi connectivity index (χ1) is 7.81. The SMILES string of the molecule is CSc1ccccc1Nc1ncccc1N. The molecular formula is C12H13N3S. The van der Waals surface area contributed by atoms with Crippen molar-refractivity contribution in [3.8, 4) is 0 Å². The van der Waals surface area contributed by atoms with Crippen LogP contribution in [-0.2, 0) is 0 Å². The second-order valence-corrected chi connectivity index (χ2v) is 4.11. The standard InChI is InChI=1S/C12H13N3S/c1-16-11-7-3-2-6-10(11)15-12-9(13)5-4-8-14-12/h2-8H,13H2,1H3,(H,14,15). The highest BCUT2D eigenvalue weighted by Crippen LogP contribution is 2.28. The summed E-state index contributed by atoms with van der Waals surface area (Å²) >= 11 is 1.69. The summed E-state index contributed by atoms with van der Waals surface area (Å²) in [6.07, 6.45) is 3.77. The predicted octanol–water partition coefficient (Wildman–Crippen LogP) is 3.13. The topological polar surface area (TPSA) is 50.9 Å². The minimum Gasteiger partial charge on any atom is -0.396 e. The maximum atomic E-state index is 5.83. The van der Waals surface area contributed by atoms with Crippen molar-refractivity contribution in [2.45, 2.75) is 4.90 Å². The van der Waals surface area contributed by atoms with Gasteiger partial charge in [-0.3, -0.25) is 0 Å². The Morgan fingerprint density at radius 2 is 2.00 bits per heavy atom. The van der Waals surface area contributed by atoms with Crippen molar-refractivity contribution >= 4 is 29.0 Å². The summed E-state index contributed by atoms with van der Waals surface area (Å²) in [6, 6.07) is 11.7. The van der Waals surface area contributed by atoms with Gasteiger partial charge in [-0.1, -0.05) is 12.1 Å². The second kappa shape index (κ2) is 4.90. The molecule has 1 aromatic heterocycles. The molecule has 2 rings (SSSR count). The lowest BCUT2D eigenvalue weighted by Gasteiger charge is -2.10. The minimum atomic E-state index is 0.651. The molecule has 0 aliphatic carbocycles. The fourth-order valence-electron chi connectivity index (χ4n) is 1.40. The molecular weight excluding hydrogens is 218 g/mol. The van der Waals surface area contributed by atoms with Crippen molar-refractivity contribution in [3.63, 3.8) is 0 Å². The highest BCUT2D eigenvalue weighted by Gasteiger charge is 2.03. The molecule has 0 bridgehead atoms. The Kier molecular flexibility index (Phi) is 3.31. The zero-order valence-corrected chi connectivity index (χ0v) is 9.79. The molecule has 16 heavy (non-hydrogen) atoms. The van der Waals surface area contributed by atoms with E-state index in [9.17, 15) is 0 Å². The Hall–Kier alpha value is -1.68. The van der Waals surface area contributed by atoms with Crippen LogP contribution in [0.3, 0.4) is 0 Å². The molecule has 0 aliphatic heterocycles. The first kappa shape index (κ1) is 10.8. The van der Waals surface area contributed by atoms with E-state index in [1.54, 1.807) is 18.0 Å². The molecule has 0 aliphatic rings. The number of nitrogen functional groups attached to an aromatic ring is 1. The maximum Gasteiger partial charge on any atom is 0.153 e. The molecule has 0 atom stereocenters. The Morgan fingerprint density at radius 1 is 1.19 bits per heavy atom. The molecule has 1 aromatic carbocycles. The maximum absolute atomic E-state index is 5.83. The molecule has 82 valence electrons. The summed E-state index contributed by atoms with van der Waals surface area (Å²) in [6.45, 7) is 0. The molecule has 0 radical (unpaired) electrons. The highest BCUT2D eigenvalue weighted by molar-refractivity contribution is 7.98. The number of pyridine rings is 1. The van der Waals surface area contributed by atoms with Crippen LogP contribution in [-0.4, -0.2) is 11.2 Å². The monoisotopic (exact) mass is 231 g/mol. The van der Waals surface area contributed by atoms with Crippen LogP contribution < -0.4 is 11.1 Å². The van der Waals surface area contributed by atoms with Gasteiger partial charge in [-0.2, -0.15) is 0 Å². The van der Waals surface area contributed by atoms with E-state index < -0.39 is 0 Å². The fraction of sp³-hybridized carbons (Fsp3) is 0.0833. The molecule has 0 saturated carbocycles. The van der Waals surface area contributed by atoms with E-state index in [-0.39, 0.29) is 0 Å². The van der Waals surface area contributed by atoms with Gasteiger partial charge >= 0.3 is 0 Å². The lowest BCUT2D eigenvalue weighted by molar-refractivity contribution is 1.29. The van der Waals surface area contributed by atoms with Gasteiger partial charge in [-0.25, -0.2) is 4.98 Å². The van der Waals surface area contributed by atoms with Crippen LogP contribution >= 0.6 is 11.8 Å². The van der Waals surface area contributed by atoms with Crippen LogP contribution in [0.15, 0.2) is 47.5 Å². The van der Waals surface area contributed by atoms with Crippen LogP contribution in [0.2, 0.25) is 0 Å². The number of benzene rings is 1. The van der Waals surface area contributed by atoms with Crippen molar-refractivity contribution in [2.75, 3.05) is 17.3 Å². The number of para-hydroxylation sites is 1. The van der Waals surface area contributed by atoms with Gasteiger partial charge in [0.2, 0.25) is 0 Å². The Labute approximate surface area is 99.1 Å². The van der Waals surface area contributed by atoms with E-state index in [0.717, 1.165) is 5.69 Å². The number of hydrogen-bond acceptors (Lipinski definition) is 4. The van der Waals surface area contributed by atoms with Gasteiger partial charge in [0.05, 0.1) is 11.4 Å². The number of thioether (sulfide) groups is 1. The molecule has 0 unspecified atom stereocenters. The van der Waals surface area contributed by atoms with Gasteiger partial charge < -0.3 is 11.1 Å². The second-order valence-electron chi connectivity index (χ2n) is 3.27. The third-order valence-corrected chi connectivity index (χ3v) is 2.99. The summed E-state index contributed by atoms with van der Waals surface area (Å²) in [5.41, 5.74) is 7.51. The molecule has 0 spiro atoms. The van der Waals surface area contributed by atoms with E-state index in [1.807, 2.05) is 36.6 Å². The van der Waals surface area contributed by atoms with Gasteiger partial charge in [0.1, 0.15) is 0 Å².